The summed E-state index contributed by atoms with van der Waals surface area (Å²) >= 11 is 2.85. The standard InChI is InChI=1S/C12H11BrF5NO3/c1-2-21-9(20)4-6-3-8(22-12(16,17)18)7(5-13)19-10(6)11(14)15/h3,11H,2,4-5H2,1H3. The van der Waals surface area contributed by atoms with Crippen LogP contribution in [0, 0.1) is 0 Å². The van der Waals surface area contributed by atoms with Crippen LogP contribution in [0.4, 0.5) is 22.0 Å². The number of pyridine rings is 1. The normalized spacial score (nSPS) is 11.6. The summed E-state index contributed by atoms with van der Waals surface area (Å²) < 4.78 is 71.2. The van der Waals surface area contributed by atoms with Gasteiger partial charge in [-0.05, 0) is 18.6 Å². The molecule has 1 heterocycles. The molecule has 4 nitrogen and oxygen atoms in total. The Morgan fingerprint density at radius 2 is 2.05 bits per heavy atom. The predicted octanol–water partition coefficient (Wildman–Crippen LogP) is 3.92. The Bertz CT molecular complexity index is 536. The smallest absolute Gasteiger partial charge is 0.466 e. The molecule has 0 saturated carbocycles. The second-order valence-electron chi connectivity index (χ2n) is 3.94. The second kappa shape index (κ2) is 7.70. The Balaban J connectivity index is 3.26. The van der Waals surface area contributed by atoms with Crippen molar-refractivity contribution >= 4 is 21.9 Å². The lowest BCUT2D eigenvalue weighted by molar-refractivity contribution is -0.275. The topological polar surface area (TPSA) is 48.4 Å². The minimum Gasteiger partial charge on any atom is -0.466 e. The summed E-state index contributed by atoms with van der Waals surface area (Å²) in [5, 5.41) is -0.224. The number of hydrogen-bond donors (Lipinski definition) is 0. The molecule has 22 heavy (non-hydrogen) atoms. The zero-order valence-electron chi connectivity index (χ0n) is 11.2. The highest BCUT2D eigenvalue weighted by Gasteiger charge is 2.33. The number of ether oxygens (including phenoxy) is 2. The molecule has 1 rings (SSSR count). The van der Waals surface area contributed by atoms with Gasteiger partial charge in [-0.1, -0.05) is 15.9 Å². The number of esters is 1. The van der Waals surface area contributed by atoms with Gasteiger partial charge in [-0.3, -0.25) is 4.79 Å². The second-order valence-corrected chi connectivity index (χ2v) is 4.50. The maximum absolute atomic E-state index is 13.0. The third-order valence-electron chi connectivity index (χ3n) is 2.37. The van der Waals surface area contributed by atoms with E-state index in [1.807, 2.05) is 0 Å². The Hall–Kier alpha value is -1.45. The molecule has 0 fully saturated rings. The molecule has 0 atom stereocenters. The number of aromatic nitrogens is 1. The summed E-state index contributed by atoms with van der Waals surface area (Å²) in [5.41, 5.74) is -1.50. The van der Waals surface area contributed by atoms with Crippen molar-refractivity contribution in [2.75, 3.05) is 6.61 Å². The number of rotatable bonds is 6. The number of alkyl halides is 6. The molecule has 0 unspecified atom stereocenters. The van der Waals surface area contributed by atoms with E-state index in [1.165, 1.54) is 6.92 Å². The van der Waals surface area contributed by atoms with E-state index >= 15 is 0 Å². The first-order valence-corrected chi connectivity index (χ1v) is 7.08. The van der Waals surface area contributed by atoms with Gasteiger partial charge >= 0.3 is 12.3 Å². The van der Waals surface area contributed by atoms with Gasteiger partial charge < -0.3 is 9.47 Å². The van der Waals surface area contributed by atoms with Crippen molar-refractivity contribution in [3.05, 3.63) is 23.0 Å². The molecule has 0 bridgehead atoms. The first kappa shape index (κ1) is 18.6. The van der Waals surface area contributed by atoms with Crippen molar-refractivity contribution in [3.63, 3.8) is 0 Å². The molecular weight excluding hydrogens is 381 g/mol. The van der Waals surface area contributed by atoms with Crippen molar-refractivity contribution in [2.24, 2.45) is 0 Å². The fourth-order valence-electron chi connectivity index (χ4n) is 1.59. The number of carbonyl (C=O) groups is 1. The van der Waals surface area contributed by atoms with Crippen LogP contribution in [0.1, 0.15) is 30.3 Å². The van der Waals surface area contributed by atoms with Crippen LogP contribution in [0.15, 0.2) is 6.07 Å². The quantitative estimate of drug-likeness (QED) is 0.419. The van der Waals surface area contributed by atoms with Gasteiger partial charge in [-0.15, -0.1) is 13.2 Å². The summed E-state index contributed by atoms with van der Waals surface area (Å²) in [6.07, 6.45) is -8.69. The molecule has 1 aromatic rings. The van der Waals surface area contributed by atoms with E-state index < -0.39 is 36.6 Å². The van der Waals surface area contributed by atoms with Crippen LogP contribution in [-0.4, -0.2) is 23.9 Å². The first-order valence-electron chi connectivity index (χ1n) is 5.96. The number of hydrogen-bond acceptors (Lipinski definition) is 4. The van der Waals surface area contributed by atoms with Gasteiger partial charge in [-0.25, -0.2) is 13.8 Å². The van der Waals surface area contributed by atoms with Gasteiger partial charge in [0.15, 0.2) is 5.75 Å². The van der Waals surface area contributed by atoms with E-state index in [-0.39, 0.29) is 23.2 Å². The largest absolute Gasteiger partial charge is 0.573 e. The Kier molecular flexibility index (Phi) is 6.51. The van der Waals surface area contributed by atoms with Crippen LogP contribution in [0.2, 0.25) is 0 Å². The number of nitrogens with zero attached hydrogens (tertiary/aromatic N) is 1. The summed E-state index contributed by atoms with van der Waals surface area (Å²) in [6, 6.07) is 0.732. The Morgan fingerprint density at radius 1 is 1.41 bits per heavy atom. The average Bonchev–Trinajstić information content (AvgIpc) is 2.36. The molecule has 0 aromatic carbocycles. The van der Waals surface area contributed by atoms with Crippen molar-refractivity contribution < 1.29 is 36.2 Å². The Labute approximate surface area is 130 Å². The van der Waals surface area contributed by atoms with Gasteiger partial charge in [0.25, 0.3) is 6.43 Å². The zero-order valence-corrected chi connectivity index (χ0v) is 12.8. The summed E-state index contributed by atoms with van der Waals surface area (Å²) in [7, 11) is 0. The van der Waals surface area contributed by atoms with Gasteiger partial charge in [0.1, 0.15) is 5.69 Å². The van der Waals surface area contributed by atoms with E-state index in [1.54, 1.807) is 0 Å². The van der Waals surface area contributed by atoms with Crippen molar-refractivity contribution in [1.82, 2.24) is 4.98 Å². The third-order valence-corrected chi connectivity index (χ3v) is 2.90. The maximum atomic E-state index is 13.0. The highest BCUT2D eigenvalue weighted by molar-refractivity contribution is 9.08. The molecule has 0 amide bonds. The molecule has 1 aromatic heterocycles. The van der Waals surface area contributed by atoms with Gasteiger partial charge in [0, 0.05) is 5.33 Å². The summed E-state index contributed by atoms with van der Waals surface area (Å²) in [4.78, 5) is 14.8. The minimum absolute atomic E-state index is 0.0155. The molecule has 124 valence electrons. The lowest BCUT2D eigenvalue weighted by atomic mass is 10.1. The Morgan fingerprint density at radius 3 is 2.50 bits per heavy atom. The molecule has 0 N–H and O–H groups in total. The third kappa shape index (κ3) is 5.39. The molecule has 0 radical (unpaired) electrons. The highest BCUT2D eigenvalue weighted by Crippen LogP contribution is 2.32. The van der Waals surface area contributed by atoms with Crippen LogP contribution in [0.3, 0.4) is 0 Å². The van der Waals surface area contributed by atoms with E-state index in [0.29, 0.717) is 0 Å². The monoisotopic (exact) mass is 391 g/mol. The summed E-state index contributed by atoms with van der Waals surface area (Å²) in [6.45, 7) is 1.53. The molecule has 10 heteroatoms. The highest BCUT2D eigenvalue weighted by atomic mass is 79.9. The van der Waals surface area contributed by atoms with Gasteiger partial charge in [0.05, 0.1) is 18.7 Å². The van der Waals surface area contributed by atoms with E-state index in [9.17, 15) is 26.7 Å². The van der Waals surface area contributed by atoms with Gasteiger partial charge in [-0.2, -0.15) is 0 Å². The molecule has 0 aliphatic carbocycles. The molecule has 0 saturated heterocycles. The van der Waals surface area contributed by atoms with Crippen LogP contribution < -0.4 is 4.74 Å². The van der Waals surface area contributed by atoms with Gasteiger partial charge in [0.2, 0.25) is 0 Å². The summed E-state index contributed by atoms with van der Waals surface area (Å²) in [5.74, 6) is -1.59. The van der Waals surface area contributed by atoms with Crippen molar-refractivity contribution in [2.45, 2.75) is 31.5 Å². The number of carbonyl (C=O) groups excluding carboxylic acids is 1. The lowest BCUT2D eigenvalue weighted by Gasteiger charge is -2.15. The van der Waals surface area contributed by atoms with Crippen molar-refractivity contribution in [1.29, 1.82) is 0 Å². The maximum Gasteiger partial charge on any atom is 0.573 e. The van der Waals surface area contributed by atoms with Crippen LogP contribution in [0.25, 0.3) is 0 Å². The van der Waals surface area contributed by atoms with E-state index in [0.717, 1.165) is 6.07 Å². The van der Waals surface area contributed by atoms with Crippen molar-refractivity contribution in [3.8, 4) is 5.75 Å². The average molecular weight is 392 g/mol. The molecule has 0 spiro atoms. The predicted molar refractivity (Wildman–Crippen MR) is 68.8 cm³/mol. The molecular formula is C12H11BrF5NO3. The van der Waals surface area contributed by atoms with Crippen LogP contribution in [0.5, 0.6) is 5.75 Å². The molecule has 0 aliphatic rings. The van der Waals surface area contributed by atoms with E-state index in [4.69, 9.17) is 0 Å². The van der Waals surface area contributed by atoms with E-state index in [2.05, 4.69) is 30.4 Å². The van der Waals surface area contributed by atoms with Crippen LogP contribution >= 0.6 is 15.9 Å². The minimum atomic E-state index is -5.01. The fourth-order valence-corrected chi connectivity index (χ4v) is 2.00. The first-order chi connectivity index (χ1) is 10.2. The number of halogens is 6. The lowest BCUT2D eigenvalue weighted by Crippen LogP contribution is -2.20. The SMILES string of the molecule is CCOC(=O)Cc1cc(OC(F)(F)F)c(CBr)nc1C(F)F. The molecule has 0 aliphatic heterocycles. The zero-order chi connectivity index (χ0) is 16.9. The fraction of sp³-hybridized carbons (Fsp3) is 0.500. The van der Waals surface area contributed by atoms with Crippen LogP contribution in [-0.2, 0) is 21.3 Å².